The molecular weight excluding hydrogens is 302 g/mol. The first-order chi connectivity index (χ1) is 10.9. The third kappa shape index (κ3) is 4.06. The van der Waals surface area contributed by atoms with E-state index in [0.717, 1.165) is 4.57 Å². The van der Waals surface area contributed by atoms with Crippen molar-refractivity contribution >= 4 is 22.8 Å². The molecule has 1 atom stereocenters. The number of H-pyrrole nitrogens is 1. The lowest BCUT2D eigenvalue weighted by Crippen LogP contribution is -2.41. The Kier molecular flexibility index (Phi) is 4.95. The lowest BCUT2D eigenvalue weighted by atomic mass is 10.1. The zero-order valence-corrected chi connectivity index (χ0v) is 12.5. The van der Waals surface area contributed by atoms with Gasteiger partial charge in [-0.25, -0.2) is 4.79 Å². The van der Waals surface area contributed by atoms with Gasteiger partial charge in [-0.1, -0.05) is 19.1 Å². The summed E-state index contributed by atoms with van der Waals surface area (Å²) in [5, 5.41) is 11.5. The van der Waals surface area contributed by atoms with E-state index in [0.29, 0.717) is 10.9 Å². The summed E-state index contributed by atoms with van der Waals surface area (Å²) >= 11 is 0. The van der Waals surface area contributed by atoms with Gasteiger partial charge < -0.3 is 15.4 Å². The molecule has 1 unspecified atom stereocenters. The van der Waals surface area contributed by atoms with Crippen LogP contribution in [0.15, 0.2) is 33.9 Å². The molecule has 1 heterocycles. The van der Waals surface area contributed by atoms with Gasteiger partial charge in [0, 0.05) is 13.0 Å². The number of carboxylic acid groups (broad SMARTS) is 1. The third-order valence-electron chi connectivity index (χ3n) is 3.36. The second kappa shape index (κ2) is 6.91. The third-order valence-corrected chi connectivity index (χ3v) is 3.36. The van der Waals surface area contributed by atoms with Crippen LogP contribution in [0.25, 0.3) is 10.9 Å². The van der Waals surface area contributed by atoms with Crippen LogP contribution in [-0.2, 0) is 16.1 Å². The summed E-state index contributed by atoms with van der Waals surface area (Å²) < 4.78 is 0.819. The zero-order chi connectivity index (χ0) is 17.0. The maximum Gasteiger partial charge on any atom is 0.329 e. The topological polar surface area (TPSA) is 121 Å². The number of para-hydroxylation sites is 1. The van der Waals surface area contributed by atoms with E-state index in [1.165, 1.54) is 0 Å². The number of hydrogen-bond donors (Lipinski definition) is 3. The van der Waals surface area contributed by atoms with Crippen LogP contribution >= 0.6 is 0 Å². The Morgan fingerprint density at radius 1 is 1.30 bits per heavy atom. The Hall–Kier alpha value is -2.90. The minimum absolute atomic E-state index is 0.0726. The summed E-state index contributed by atoms with van der Waals surface area (Å²) in [6, 6.07) is 6.53. The van der Waals surface area contributed by atoms with Crippen molar-refractivity contribution in [3.63, 3.8) is 0 Å². The smallest absolute Gasteiger partial charge is 0.329 e. The molecule has 1 aromatic carbocycles. The van der Waals surface area contributed by atoms with E-state index in [9.17, 15) is 19.2 Å². The fourth-order valence-corrected chi connectivity index (χ4v) is 2.20. The Labute approximate surface area is 130 Å². The van der Waals surface area contributed by atoms with E-state index in [1.54, 1.807) is 31.2 Å². The molecule has 0 saturated carbocycles. The molecule has 0 spiro atoms. The highest BCUT2D eigenvalue weighted by Gasteiger charge is 2.13. The molecule has 8 heteroatoms. The Morgan fingerprint density at radius 2 is 2.00 bits per heavy atom. The molecule has 0 fully saturated rings. The SMILES string of the molecule is CC(CNC(=O)Cn1c(=O)[nH]c2ccccc2c1=O)CC(=O)O. The first kappa shape index (κ1) is 16.5. The van der Waals surface area contributed by atoms with Gasteiger partial charge in [0.2, 0.25) is 5.91 Å². The molecule has 0 radical (unpaired) electrons. The molecule has 0 aliphatic rings. The molecule has 3 N–H and O–H groups in total. The summed E-state index contributed by atoms with van der Waals surface area (Å²) in [4.78, 5) is 49.1. The Balaban J connectivity index is 2.13. The molecule has 0 aliphatic carbocycles. The molecular formula is C15H17N3O5. The van der Waals surface area contributed by atoms with Crippen LogP contribution in [0.3, 0.4) is 0 Å². The average Bonchev–Trinajstić information content (AvgIpc) is 2.49. The highest BCUT2D eigenvalue weighted by molar-refractivity contribution is 5.78. The number of fused-ring (bicyclic) bond motifs is 1. The largest absolute Gasteiger partial charge is 0.481 e. The molecule has 122 valence electrons. The van der Waals surface area contributed by atoms with E-state index in [2.05, 4.69) is 10.3 Å². The second-order valence-electron chi connectivity index (χ2n) is 5.37. The van der Waals surface area contributed by atoms with E-state index < -0.39 is 29.7 Å². The van der Waals surface area contributed by atoms with Gasteiger partial charge in [-0.3, -0.25) is 19.0 Å². The number of carboxylic acids is 1. The predicted octanol–water partition coefficient (Wildman–Crippen LogP) is -0.0832. The van der Waals surface area contributed by atoms with Crippen molar-refractivity contribution in [2.24, 2.45) is 5.92 Å². The highest BCUT2D eigenvalue weighted by atomic mass is 16.4. The summed E-state index contributed by atoms with van der Waals surface area (Å²) in [6.45, 7) is 1.42. The summed E-state index contributed by atoms with van der Waals surface area (Å²) in [5.41, 5.74) is -0.797. The fraction of sp³-hybridized carbons (Fsp3) is 0.333. The minimum Gasteiger partial charge on any atom is -0.481 e. The number of carbonyl (C=O) groups excluding carboxylic acids is 1. The van der Waals surface area contributed by atoms with E-state index in [1.807, 2.05) is 0 Å². The number of carbonyl (C=O) groups is 2. The Bertz CT molecular complexity index is 852. The molecule has 1 amide bonds. The van der Waals surface area contributed by atoms with Gasteiger partial charge in [0.05, 0.1) is 10.9 Å². The van der Waals surface area contributed by atoms with Crippen LogP contribution in [0.2, 0.25) is 0 Å². The molecule has 1 aromatic heterocycles. The normalized spacial score (nSPS) is 12.0. The van der Waals surface area contributed by atoms with Crippen LogP contribution in [-0.4, -0.2) is 33.1 Å². The van der Waals surface area contributed by atoms with Crippen LogP contribution < -0.4 is 16.6 Å². The number of nitrogens with zero attached hydrogens (tertiary/aromatic N) is 1. The average molecular weight is 319 g/mol. The number of benzene rings is 1. The molecule has 2 aromatic rings. The molecule has 0 bridgehead atoms. The van der Waals surface area contributed by atoms with Gasteiger partial charge in [-0.15, -0.1) is 0 Å². The summed E-state index contributed by atoms with van der Waals surface area (Å²) in [5.74, 6) is -1.72. The molecule has 0 aliphatic heterocycles. The zero-order valence-electron chi connectivity index (χ0n) is 12.5. The van der Waals surface area contributed by atoms with Crippen molar-refractivity contribution in [1.82, 2.24) is 14.9 Å². The lowest BCUT2D eigenvalue weighted by Gasteiger charge is -2.11. The molecule has 0 saturated heterocycles. The van der Waals surface area contributed by atoms with Crippen molar-refractivity contribution in [2.75, 3.05) is 6.54 Å². The van der Waals surface area contributed by atoms with Gasteiger partial charge in [-0.2, -0.15) is 0 Å². The standard InChI is InChI=1S/C15H17N3O5/c1-9(6-13(20)21)7-16-12(19)8-18-14(22)10-4-2-3-5-11(10)17-15(18)23/h2-5,9H,6-8H2,1H3,(H,16,19)(H,17,23)(H,20,21). The van der Waals surface area contributed by atoms with Gasteiger partial charge in [0.1, 0.15) is 6.54 Å². The van der Waals surface area contributed by atoms with Crippen LogP contribution in [0.4, 0.5) is 0 Å². The van der Waals surface area contributed by atoms with Crippen LogP contribution in [0.5, 0.6) is 0 Å². The number of amides is 1. The number of hydrogen-bond acceptors (Lipinski definition) is 4. The summed E-state index contributed by atoms with van der Waals surface area (Å²) in [7, 11) is 0. The van der Waals surface area contributed by atoms with Gasteiger partial charge >= 0.3 is 11.7 Å². The first-order valence-electron chi connectivity index (χ1n) is 7.09. The van der Waals surface area contributed by atoms with E-state index in [4.69, 9.17) is 5.11 Å². The summed E-state index contributed by atoms with van der Waals surface area (Å²) in [6.07, 6.45) is -0.0726. The van der Waals surface area contributed by atoms with Gasteiger partial charge in [-0.05, 0) is 18.1 Å². The Morgan fingerprint density at radius 3 is 2.70 bits per heavy atom. The highest BCUT2D eigenvalue weighted by Crippen LogP contribution is 2.03. The van der Waals surface area contributed by atoms with Crippen molar-refractivity contribution in [2.45, 2.75) is 19.9 Å². The first-order valence-corrected chi connectivity index (χ1v) is 7.09. The van der Waals surface area contributed by atoms with E-state index in [-0.39, 0.29) is 18.9 Å². The number of rotatable bonds is 6. The van der Waals surface area contributed by atoms with Gasteiger partial charge in [0.25, 0.3) is 5.56 Å². The lowest BCUT2D eigenvalue weighted by molar-refractivity contribution is -0.138. The van der Waals surface area contributed by atoms with Crippen molar-refractivity contribution in [3.8, 4) is 0 Å². The van der Waals surface area contributed by atoms with Crippen LogP contribution in [0.1, 0.15) is 13.3 Å². The van der Waals surface area contributed by atoms with E-state index >= 15 is 0 Å². The van der Waals surface area contributed by atoms with Crippen molar-refractivity contribution in [1.29, 1.82) is 0 Å². The maximum absolute atomic E-state index is 12.3. The number of nitrogens with one attached hydrogen (secondary N) is 2. The minimum atomic E-state index is -0.950. The number of aromatic amines is 1. The number of aliphatic carboxylic acids is 1. The molecule has 8 nitrogen and oxygen atoms in total. The predicted molar refractivity (Wildman–Crippen MR) is 83.3 cm³/mol. The second-order valence-corrected chi connectivity index (χ2v) is 5.37. The molecule has 2 rings (SSSR count). The maximum atomic E-state index is 12.3. The quantitative estimate of drug-likeness (QED) is 0.687. The van der Waals surface area contributed by atoms with Crippen molar-refractivity contribution in [3.05, 3.63) is 45.1 Å². The van der Waals surface area contributed by atoms with Gasteiger partial charge in [0.15, 0.2) is 0 Å². The van der Waals surface area contributed by atoms with Crippen molar-refractivity contribution < 1.29 is 14.7 Å². The monoisotopic (exact) mass is 319 g/mol. The van der Waals surface area contributed by atoms with Crippen LogP contribution in [0, 0.1) is 5.92 Å². The fourth-order valence-electron chi connectivity index (χ4n) is 2.20. The number of aromatic nitrogens is 2. The molecule has 23 heavy (non-hydrogen) atoms.